The Kier molecular flexibility index (Phi) is 4.28. The zero-order valence-corrected chi connectivity index (χ0v) is 11.3. The number of para-hydroxylation sites is 1. The van der Waals surface area contributed by atoms with Gasteiger partial charge in [0.15, 0.2) is 0 Å². The summed E-state index contributed by atoms with van der Waals surface area (Å²) in [6, 6.07) is 13.7. The van der Waals surface area contributed by atoms with Gasteiger partial charge in [0.2, 0.25) is 0 Å². The van der Waals surface area contributed by atoms with Gasteiger partial charge in [-0.05, 0) is 42.5 Å². The van der Waals surface area contributed by atoms with E-state index in [9.17, 15) is 0 Å². The van der Waals surface area contributed by atoms with Crippen molar-refractivity contribution in [1.29, 1.82) is 0 Å². The molecule has 0 aliphatic heterocycles. The van der Waals surface area contributed by atoms with Crippen LogP contribution in [0.1, 0.15) is 11.1 Å². The molecule has 2 nitrogen and oxygen atoms in total. The molecular weight excluding hydrogens is 244 g/mol. The van der Waals surface area contributed by atoms with Gasteiger partial charge in [-0.15, -0.1) is 11.8 Å². The van der Waals surface area contributed by atoms with Crippen LogP contribution in [0.15, 0.2) is 47.4 Å². The molecule has 0 saturated carbocycles. The van der Waals surface area contributed by atoms with Crippen LogP contribution < -0.4 is 4.74 Å². The van der Waals surface area contributed by atoms with Crippen molar-refractivity contribution >= 4 is 11.8 Å². The summed E-state index contributed by atoms with van der Waals surface area (Å²) in [6.07, 6.45) is 2.03. The van der Waals surface area contributed by atoms with Gasteiger partial charge in [-0.25, -0.2) is 0 Å². The lowest BCUT2D eigenvalue weighted by Crippen LogP contribution is -1.91. The molecule has 3 heteroatoms. The molecule has 18 heavy (non-hydrogen) atoms. The fourth-order valence-corrected chi connectivity index (χ4v) is 2.27. The van der Waals surface area contributed by atoms with E-state index in [0.29, 0.717) is 0 Å². The van der Waals surface area contributed by atoms with E-state index in [4.69, 9.17) is 9.84 Å². The Morgan fingerprint density at radius 2 is 1.89 bits per heavy atom. The number of thioether (sulfide) groups is 1. The van der Waals surface area contributed by atoms with Crippen molar-refractivity contribution in [2.45, 2.75) is 18.4 Å². The van der Waals surface area contributed by atoms with Crippen LogP contribution in [0, 0.1) is 6.92 Å². The van der Waals surface area contributed by atoms with E-state index in [1.807, 2.05) is 55.6 Å². The Morgan fingerprint density at radius 1 is 1.11 bits per heavy atom. The van der Waals surface area contributed by atoms with Gasteiger partial charge in [0.1, 0.15) is 11.5 Å². The first-order valence-electron chi connectivity index (χ1n) is 5.76. The molecular formula is C15H16O2S. The van der Waals surface area contributed by atoms with Crippen molar-refractivity contribution in [2.24, 2.45) is 0 Å². The lowest BCUT2D eigenvalue weighted by molar-refractivity contribution is 0.281. The highest BCUT2D eigenvalue weighted by molar-refractivity contribution is 7.98. The summed E-state index contributed by atoms with van der Waals surface area (Å²) in [5, 5.41) is 9.08. The van der Waals surface area contributed by atoms with Gasteiger partial charge in [-0.2, -0.15) is 0 Å². The summed E-state index contributed by atoms with van der Waals surface area (Å²) >= 11 is 1.66. The lowest BCUT2D eigenvalue weighted by atomic mass is 10.1. The van der Waals surface area contributed by atoms with Crippen molar-refractivity contribution in [3.8, 4) is 11.5 Å². The van der Waals surface area contributed by atoms with Crippen LogP contribution in [0.25, 0.3) is 0 Å². The zero-order valence-electron chi connectivity index (χ0n) is 10.5. The van der Waals surface area contributed by atoms with Crippen LogP contribution in [0.4, 0.5) is 0 Å². The Balaban J connectivity index is 2.28. The third-order valence-corrected chi connectivity index (χ3v) is 3.49. The van der Waals surface area contributed by atoms with E-state index < -0.39 is 0 Å². The quantitative estimate of drug-likeness (QED) is 0.842. The second-order valence-electron chi connectivity index (χ2n) is 4.01. The molecule has 0 aliphatic carbocycles. The highest BCUT2D eigenvalue weighted by atomic mass is 32.2. The number of hydrogen-bond acceptors (Lipinski definition) is 3. The first-order valence-corrected chi connectivity index (χ1v) is 6.98. The minimum absolute atomic E-state index is 0.0581. The average molecular weight is 260 g/mol. The number of aliphatic hydroxyl groups excluding tert-OH is 1. The van der Waals surface area contributed by atoms with E-state index in [1.54, 1.807) is 11.8 Å². The Labute approximate surface area is 112 Å². The fraction of sp³-hybridized carbons (Fsp3) is 0.200. The predicted molar refractivity (Wildman–Crippen MR) is 75.4 cm³/mol. The Hall–Kier alpha value is -1.45. The SMILES string of the molecule is CSc1ccccc1Oc1ccc(CO)cc1C. The van der Waals surface area contributed by atoms with E-state index in [1.165, 1.54) is 0 Å². The number of benzene rings is 2. The molecule has 0 saturated heterocycles. The largest absolute Gasteiger partial charge is 0.456 e. The molecule has 0 fully saturated rings. The zero-order chi connectivity index (χ0) is 13.0. The number of hydrogen-bond donors (Lipinski definition) is 1. The van der Waals surface area contributed by atoms with Gasteiger partial charge in [0, 0.05) is 4.90 Å². The first-order chi connectivity index (χ1) is 8.74. The maximum Gasteiger partial charge on any atom is 0.140 e. The smallest absolute Gasteiger partial charge is 0.140 e. The Bertz CT molecular complexity index is 538. The summed E-state index contributed by atoms with van der Waals surface area (Å²) in [7, 11) is 0. The summed E-state index contributed by atoms with van der Waals surface area (Å²) in [5.74, 6) is 1.69. The maximum absolute atomic E-state index is 9.08. The van der Waals surface area contributed by atoms with Crippen LogP contribution in [0.3, 0.4) is 0 Å². The highest BCUT2D eigenvalue weighted by Gasteiger charge is 2.06. The molecule has 0 aliphatic rings. The molecule has 0 atom stereocenters. The van der Waals surface area contributed by atoms with Crippen molar-refractivity contribution < 1.29 is 9.84 Å². The van der Waals surface area contributed by atoms with E-state index >= 15 is 0 Å². The molecule has 0 unspecified atom stereocenters. The number of ether oxygens (including phenoxy) is 1. The molecule has 2 rings (SSSR count). The molecule has 0 aromatic heterocycles. The molecule has 0 amide bonds. The van der Waals surface area contributed by atoms with Crippen molar-refractivity contribution in [3.63, 3.8) is 0 Å². The number of rotatable bonds is 4. The van der Waals surface area contributed by atoms with Crippen LogP contribution in [-0.2, 0) is 6.61 Å². The van der Waals surface area contributed by atoms with Gasteiger partial charge in [0.25, 0.3) is 0 Å². The molecule has 0 heterocycles. The monoisotopic (exact) mass is 260 g/mol. The summed E-state index contributed by atoms with van der Waals surface area (Å²) in [5.41, 5.74) is 1.93. The minimum atomic E-state index is 0.0581. The Morgan fingerprint density at radius 3 is 2.56 bits per heavy atom. The third kappa shape index (κ3) is 2.86. The average Bonchev–Trinajstić information content (AvgIpc) is 2.41. The molecule has 2 aromatic carbocycles. The van der Waals surface area contributed by atoms with Crippen LogP contribution in [0.5, 0.6) is 11.5 Å². The topological polar surface area (TPSA) is 29.5 Å². The molecule has 0 spiro atoms. The second kappa shape index (κ2) is 5.94. The second-order valence-corrected chi connectivity index (χ2v) is 4.86. The molecule has 1 N–H and O–H groups in total. The summed E-state index contributed by atoms with van der Waals surface area (Å²) in [6.45, 7) is 2.04. The number of aryl methyl sites for hydroxylation is 1. The molecule has 0 bridgehead atoms. The van der Waals surface area contributed by atoms with Gasteiger partial charge in [-0.1, -0.05) is 24.3 Å². The normalized spacial score (nSPS) is 10.4. The van der Waals surface area contributed by atoms with E-state index in [-0.39, 0.29) is 6.61 Å². The van der Waals surface area contributed by atoms with Crippen LogP contribution in [0.2, 0.25) is 0 Å². The van der Waals surface area contributed by atoms with Gasteiger partial charge in [0.05, 0.1) is 6.61 Å². The van der Waals surface area contributed by atoms with Crippen molar-refractivity contribution in [3.05, 3.63) is 53.6 Å². The number of aliphatic hydroxyl groups is 1. The predicted octanol–water partition coefficient (Wildman–Crippen LogP) is 4.00. The van der Waals surface area contributed by atoms with E-state index in [2.05, 4.69) is 0 Å². The first kappa shape index (κ1) is 13.0. The fourth-order valence-electron chi connectivity index (χ4n) is 1.75. The van der Waals surface area contributed by atoms with Crippen molar-refractivity contribution in [1.82, 2.24) is 0 Å². The van der Waals surface area contributed by atoms with Gasteiger partial charge in [-0.3, -0.25) is 0 Å². The summed E-state index contributed by atoms with van der Waals surface area (Å²) < 4.78 is 5.93. The van der Waals surface area contributed by atoms with Crippen molar-refractivity contribution in [2.75, 3.05) is 6.26 Å². The maximum atomic E-state index is 9.08. The lowest BCUT2D eigenvalue weighted by Gasteiger charge is -2.12. The standard InChI is InChI=1S/C15H16O2S/c1-11-9-12(10-16)7-8-13(11)17-14-5-3-4-6-15(14)18-2/h3-9,16H,10H2,1-2H3. The van der Waals surface area contributed by atoms with E-state index in [0.717, 1.165) is 27.5 Å². The van der Waals surface area contributed by atoms with Crippen LogP contribution >= 0.6 is 11.8 Å². The minimum Gasteiger partial charge on any atom is -0.456 e. The van der Waals surface area contributed by atoms with Gasteiger partial charge >= 0.3 is 0 Å². The van der Waals surface area contributed by atoms with Gasteiger partial charge < -0.3 is 9.84 Å². The third-order valence-electron chi connectivity index (χ3n) is 2.71. The highest BCUT2D eigenvalue weighted by Crippen LogP contribution is 2.32. The molecule has 94 valence electrons. The molecule has 2 aromatic rings. The molecule has 0 radical (unpaired) electrons. The van der Waals surface area contributed by atoms with Crippen LogP contribution in [-0.4, -0.2) is 11.4 Å². The summed E-state index contributed by atoms with van der Waals surface area (Å²) in [4.78, 5) is 1.11.